The molecular formula is C29H37N2O2. The van der Waals surface area contributed by atoms with Gasteiger partial charge in [-0.05, 0) is 72.4 Å². The van der Waals surface area contributed by atoms with E-state index in [0.717, 1.165) is 28.8 Å². The first-order chi connectivity index (χ1) is 15.5. The fourth-order valence-electron chi connectivity index (χ4n) is 4.00. The molecule has 2 aromatic carbocycles. The standard InChI is InChI=1S/C29H37N2O2/c1-19(2)16-26-24(18-29(4,5)6)28(21-11-9-20(3)10-12-21)23-17-22(13-14-25(23)31-26)33-15-7-8-27(30)32/h9-14,17-19H,7-8,15-16H2,1-6H3,(H2,30,32). The molecule has 1 radical (unpaired) electrons. The third kappa shape index (κ3) is 6.80. The van der Waals surface area contributed by atoms with Gasteiger partial charge in [0.2, 0.25) is 5.91 Å². The van der Waals surface area contributed by atoms with Gasteiger partial charge in [-0.15, -0.1) is 0 Å². The molecule has 1 amide bonds. The SMILES string of the molecule is Cc1ccc(-c2c([CH]C(C)(C)C)c(CC(C)C)nc3ccc(OCCCC(N)=O)cc23)cc1. The van der Waals surface area contributed by atoms with Crippen LogP contribution in [-0.2, 0) is 11.2 Å². The monoisotopic (exact) mass is 445 g/mol. The Bertz CT molecular complexity index is 1110. The van der Waals surface area contributed by atoms with E-state index in [1.54, 1.807) is 0 Å². The third-order valence-electron chi connectivity index (χ3n) is 5.43. The van der Waals surface area contributed by atoms with Crippen LogP contribution in [0.2, 0.25) is 0 Å². The molecule has 3 aromatic rings. The number of hydrogen-bond acceptors (Lipinski definition) is 3. The first-order valence-corrected chi connectivity index (χ1v) is 11.8. The summed E-state index contributed by atoms with van der Waals surface area (Å²) in [7, 11) is 0. The largest absolute Gasteiger partial charge is 0.494 e. The van der Waals surface area contributed by atoms with E-state index in [1.807, 2.05) is 12.1 Å². The van der Waals surface area contributed by atoms with Crippen molar-refractivity contribution in [3.05, 3.63) is 65.7 Å². The van der Waals surface area contributed by atoms with E-state index in [4.69, 9.17) is 15.5 Å². The number of amides is 1. The molecule has 4 heteroatoms. The van der Waals surface area contributed by atoms with Gasteiger partial charge < -0.3 is 10.5 Å². The van der Waals surface area contributed by atoms with E-state index in [-0.39, 0.29) is 11.3 Å². The lowest BCUT2D eigenvalue weighted by Gasteiger charge is -2.25. The van der Waals surface area contributed by atoms with Crippen molar-refractivity contribution in [1.29, 1.82) is 0 Å². The summed E-state index contributed by atoms with van der Waals surface area (Å²) in [4.78, 5) is 16.1. The third-order valence-corrected chi connectivity index (χ3v) is 5.43. The van der Waals surface area contributed by atoms with Crippen molar-refractivity contribution >= 4 is 16.8 Å². The van der Waals surface area contributed by atoms with Gasteiger partial charge >= 0.3 is 0 Å². The van der Waals surface area contributed by atoms with Crippen molar-refractivity contribution in [2.24, 2.45) is 17.1 Å². The van der Waals surface area contributed by atoms with E-state index in [9.17, 15) is 4.79 Å². The number of carbonyl (C=O) groups is 1. The molecule has 2 N–H and O–H groups in total. The van der Waals surface area contributed by atoms with Gasteiger partial charge in [0.1, 0.15) is 5.75 Å². The minimum atomic E-state index is -0.303. The Kier molecular flexibility index (Phi) is 7.78. The van der Waals surface area contributed by atoms with Gasteiger partial charge in [0.15, 0.2) is 0 Å². The highest BCUT2D eigenvalue weighted by atomic mass is 16.5. The van der Waals surface area contributed by atoms with E-state index >= 15 is 0 Å². The average molecular weight is 446 g/mol. The fourth-order valence-corrected chi connectivity index (χ4v) is 4.00. The molecule has 0 unspecified atom stereocenters. The van der Waals surface area contributed by atoms with Crippen LogP contribution in [-0.4, -0.2) is 17.5 Å². The molecule has 0 aliphatic heterocycles. The molecule has 0 aliphatic rings. The summed E-state index contributed by atoms with van der Waals surface area (Å²) < 4.78 is 5.96. The number of benzene rings is 2. The lowest BCUT2D eigenvalue weighted by atomic mass is 9.81. The molecule has 0 bridgehead atoms. The number of ether oxygens (including phenoxy) is 1. The fraction of sp³-hybridized carbons (Fsp3) is 0.414. The van der Waals surface area contributed by atoms with Crippen LogP contribution in [0.25, 0.3) is 22.0 Å². The maximum atomic E-state index is 11.0. The van der Waals surface area contributed by atoms with Crippen molar-refractivity contribution < 1.29 is 9.53 Å². The molecule has 4 nitrogen and oxygen atoms in total. The van der Waals surface area contributed by atoms with Gasteiger partial charge in [0, 0.05) is 17.5 Å². The molecule has 33 heavy (non-hydrogen) atoms. The van der Waals surface area contributed by atoms with Gasteiger partial charge in [-0.2, -0.15) is 0 Å². The number of primary amides is 1. The van der Waals surface area contributed by atoms with Crippen molar-refractivity contribution in [1.82, 2.24) is 4.98 Å². The molecule has 0 spiro atoms. The van der Waals surface area contributed by atoms with Crippen LogP contribution in [0.4, 0.5) is 0 Å². The number of fused-ring (bicyclic) bond motifs is 1. The number of nitrogens with zero attached hydrogens (tertiary/aromatic N) is 1. The Morgan fingerprint density at radius 3 is 2.42 bits per heavy atom. The molecule has 0 saturated carbocycles. The highest BCUT2D eigenvalue weighted by molar-refractivity contribution is 5.98. The minimum absolute atomic E-state index is 0.00338. The van der Waals surface area contributed by atoms with E-state index in [1.165, 1.54) is 22.3 Å². The summed E-state index contributed by atoms with van der Waals surface area (Å²) in [6.07, 6.45) is 4.20. The predicted molar refractivity (Wildman–Crippen MR) is 137 cm³/mol. The smallest absolute Gasteiger partial charge is 0.217 e. The van der Waals surface area contributed by atoms with Crippen LogP contribution in [0, 0.1) is 24.7 Å². The minimum Gasteiger partial charge on any atom is -0.494 e. The highest BCUT2D eigenvalue weighted by Gasteiger charge is 2.23. The lowest BCUT2D eigenvalue weighted by Crippen LogP contribution is -2.13. The quantitative estimate of drug-likeness (QED) is 0.375. The molecule has 0 atom stereocenters. The maximum absolute atomic E-state index is 11.0. The van der Waals surface area contributed by atoms with Crippen molar-refractivity contribution in [2.75, 3.05) is 6.61 Å². The van der Waals surface area contributed by atoms with Crippen LogP contribution in [0.3, 0.4) is 0 Å². The number of aryl methyl sites for hydroxylation is 1. The van der Waals surface area contributed by atoms with Gasteiger partial charge in [0.25, 0.3) is 0 Å². The van der Waals surface area contributed by atoms with Gasteiger partial charge in [-0.3, -0.25) is 9.78 Å². The normalized spacial score (nSPS) is 11.8. The van der Waals surface area contributed by atoms with Gasteiger partial charge in [-0.25, -0.2) is 0 Å². The number of aromatic nitrogens is 1. The van der Waals surface area contributed by atoms with Crippen LogP contribution in [0.5, 0.6) is 5.75 Å². The van der Waals surface area contributed by atoms with E-state index in [2.05, 4.69) is 78.3 Å². The second kappa shape index (κ2) is 10.4. The first-order valence-electron chi connectivity index (χ1n) is 11.8. The second-order valence-corrected chi connectivity index (χ2v) is 10.4. The molecule has 3 rings (SSSR count). The Labute approximate surface area is 198 Å². The molecule has 1 heterocycles. The highest BCUT2D eigenvalue weighted by Crippen LogP contribution is 2.39. The maximum Gasteiger partial charge on any atom is 0.217 e. The Morgan fingerprint density at radius 2 is 1.82 bits per heavy atom. The summed E-state index contributed by atoms with van der Waals surface area (Å²) >= 11 is 0. The number of hydrogen-bond donors (Lipinski definition) is 1. The summed E-state index contributed by atoms with van der Waals surface area (Å²) in [5, 5.41) is 1.08. The number of nitrogens with two attached hydrogens (primary N) is 1. The van der Waals surface area contributed by atoms with Crippen LogP contribution in [0.15, 0.2) is 42.5 Å². The van der Waals surface area contributed by atoms with Gasteiger partial charge in [0.05, 0.1) is 12.1 Å². The van der Waals surface area contributed by atoms with Crippen molar-refractivity contribution in [3.8, 4) is 16.9 Å². The lowest BCUT2D eigenvalue weighted by molar-refractivity contribution is -0.118. The van der Waals surface area contributed by atoms with Gasteiger partial charge in [-0.1, -0.05) is 64.4 Å². The zero-order valence-corrected chi connectivity index (χ0v) is 20.9. The average Bonchev–Trinajstić information content (AvgIpc) is 2.71. The second-order valence-electron chi connectivity index (χ2n) is 10.4. The Balaban J connectivity index is 2.19. The summed E-state index contributed by atoms with van der Waals surface area (Å²) in [6, 6.07) is 14.8. The summed E-state index contributed by atoms with van der Waals surface area (Å²) in [6.45, 7) is 13.7. The molecule has 1 aromatic heterocycles. The van der Waals surface area contributed by atoms with Crippen molar-refractivity contribution in [2.45, 2.75) is 60.8 Å². The zero-order chi connectivity index (χ0) is 24.2. The number of carbonyl (C=O) groups excluding carboxylic acids is 1. The molecular weight excluding hydrogens is 408 g/mol. The van der Waals surface area contributed by atoms with Crippen LogP contribution >= 0.6 is 0 Å². The number of pyridine rings is 1. The molecule has 175 valence electrons. The molecule has 0 aliphatic carbocycles. The Hall–Kier alpha value is -2.88. The Morgan fingerprint density at radius 1 is 1.12 bits per heavy atom. The van der Waals surface area contributed by atoms with E-state index < -0.39 is 0 Å². The van der Waals surface area contributed by atoms with Crippen LogP contribution in [0.1, 0.15) is 64.3 Å². The van der Waals surface area contributed by atoms with E-state index in [0.29, 0.717) is 25.4 Å². The summed E-state index contributed by atoms with van der Waals surface area (Å²) in [5.74, 6) is 0.976. The summed E-state index contributed by atoms with van der Waals surface area (Å²) in [5.41, 5.74) is 12.2. The first kappa shape index (κ1) is 24.8. The molecule has 0 saturated heterocycles. The predicted octanol–water partition coefficient (Wildman–Crippen LogP) is 6.65. The zero-order valence-electron chi connectivity index (χ0n) is 20.9. The van der Waals surface area contributed by atoms with Crippen LogP contribution < -0.4 is 10.5 Å². The molecule has 0 fully saturated rings. The number of rotatable bonds is 9. The topological polar surface area (TPSA) is 65.2 Å². The van der Waals surface area contributed by atoms with Crippen molar-refractivity contribution in [3.63, 3.8) is 0 Å².